The molecule has 2 atom stereocenters. The van der Waals surface area contributed by atoms with E-state index in [2.05, 4.69) is 10.6 Å². The fourth-order valence-electron chi connectivity index (χ4n) is 2.73. The Morgan fingerprint density at radius 1 is 1.00 bits per heavy atom. The first-order valence-corrected chi connectivity index (χ1v) is 9.80. The van der Waals surface area contributed by atoms with Gasteiger partial charge in [0.15, 0.2) is 6.10 Å². The molecule has 0 unspecified atom stereocenters. The Morgan fingerprint density at radius 2 is 1.71 bits per heavy atom. The van der Waals surface area contributed by atoms with Crippen molar-refractivity contribution in [3.05, 3.63) is 59.2 Å². The second kappa shape index (κ2) is 9.93. The van der Waals surface area contributed by atoms with Gasteiger partial charge in [-0.2, -0.15) is 0 Å². The molecule has 2 aromatic rings. The highest BCUT2D eigenvalue weighted by Gasteiger charge is 2.22. The molecular weight excluding hydrogens is 352 g/mol. The SMILES string of the molecule is CC[C@@H](C)NC(=O)c1ccccc1NC(=O)[C@H](CC)Oc1cccc(C)c1C. The molecule has 0 radical (unpaired) electrons. The van der Waals surface area contributed by atoms with Crippen LogP contribution < -0.4 is 15.4 Å². The van der Waals surface area contributed by atoms with Crippen LogP contribution in [0.25, 0.3) is 0 Å². The Labute approximate surface area is 167 Å². The summed E-state index contributed by atoms with van der Waals surface area (Å²) < 4.78 is 5.98. The number of hydrogen-bond acceptors (Lipinski definition) is 3. The number of para-hydroxylation sites is 1. The molecule has 0 saturated carbocycles. The molecule has 2 N–H and O–H groups in total. The van der Waals surface area contributed by atoms with E-state index in [4.69, 9.17) is 4.74 Å². The van der Waals surface area contributed by atoms with Crippen LogP contribution in [-0.2, 0) is 4.79 Å². The van der Waals surface area contributed by atoms with Gasteiger partial charge in [-0.15, -0.1) is 0 Å². The van der Waals surface area contributed by atoms with Crippen molar-refractivity contribution in [2.45, 2.75) is 59.6 Å². The lowest BCUT2D eigenvalue weighted by atomic mass is 10.1. The van der Waals surface area contributed by atoms with Gasteiger partial charge in [0.05, 0.1) is 11.3 Å². The second-order valence-corrected chi connectivity index (χ2v) is 7.03. The molecule has 0 aliphatic rings. The summed E-state index contributed by atoms with van der Waals surface area (Å²) >= 11 is 0. The lowest BCUT2D eigenvalue weighted by molar-refractivity contribution is -0.122. The molecule has 2 rings (SSSR count). The first kappa shape index (κ1) is 21.5. The monoisotopic (exact) mass is 382 g/mol. The van der Waals surface area contributed by atoms with Crippen molar-refractivity contribution in [2.24, 2.45) is 0 Å². The van der Waals surface area contributed by atoms with E-state index in [1.54, 1.807) is 24.3 Å². The topological polar surface area (TPSA) is 67.4 Å². The van der Waals surface area contributed by atoms with Crippen LogP contribution in [0.4, 0.5) is 5.69 Å². The van der Waals surface area contributed by atoms with E-state index in [-0.39, 0.29) is 17.9 Å². The number of nitrogens with one attached hydrogen (secondary N) is 2. The van der Waals surface area contributed by atoms with Crippen molar-refractivity contribution in [3.63, 3.8) is 0 Å². The molecule has 5 nitrogen and oxygen atoms in total. The highest BCUT2D eigenvalue weighted by atomic mass is 16.5. The van der Waals surface area contributed by atoms with Gasteiger partial charge < -0.3 is 15.4 Å². The number of rotatable bonds is 8. The van der Waals surface area contributed by atoms with Gasteiger partial charge >= 0.3 is 0 Å². The minimum atomic E-state index is -0.647. The number of anilines is 1. The molecule has 0 aromatic heterocycles. The largest absolute Gasteiger partial charge is 0.480 e. The zero-order valence-electron chi connectivity index (χ0n) is 17.3. The van der Waals surface area contributed by atoms with Crippen molar-refractivity contribution in [1.29, 1.82) is 0 Å². The molecular formula is C23H30N2O3. The Kier molecular flexibility index (Phi) is 7.61. The van der Waals surface area contributed by atoms with Crippen molar-refractivity contribution in [1.82, 2.24) is 5.32 Å². The maximum atomic E-state index is 12.8. The van der Waals surface area contributed by atoms with Gasteiger partial charge in [-0.25, -0.2) is 0 Å². The summed E-state index contributed by atoms with van der Waals surface area (Å²) in [5.74, 6) is 0.228. The Bertz CT molecular complexity index is 832. The molecule has 0 saturated heterocycles. The first-order valence-electron chi connectivity index (χ1n) is 9.80. The zero-order valence-corrected chi connectivity index (χ0v) is 17.3. The van der Waals surface area contributed by atoms with E-state index < -0.39 is 6.10 Å². The molecule has 5 heteroatoms. The molecule has 2 amide bonds. The maximum Gasteiger partial charge on any atom is 0.265 e. The van der Waals surface area contributed by atoms with Gasteiger partial charge in [-0.3, -0.25) is 9.59 Å². The number of carbonyl (C=O) groups excluding carboxylic acids is 2. The highest BCUT2D eigenvalue weighted by Crippen LogP contribution is 2.23. The normalized spacial score (nSPS) is 12.8. The molecule has 2 aromatic carbocycles. The van der Waals surface area contributed by atoms with Crippen molar-refractivity contribution in [2.75, 3.05) is 5.32 Å². The van der Waals surface area contributed by atoms with E-state index in [0.717, 1.165) is 17.5 Å². The van der Waals surface area contributed by atoms with Gasteiger partial charge in [0.2, 0.25) is 0 Å². The van der Waals surface area contributed by atoms with Crippen molar-refractivity contribution in [3.8, 4) is 5.75 Å². The highest BCUT2D eigenvalue weighted by molar-refractivity contribution is 6.04. The predicted molar refractivity (Wildman–Crippen MR) is 113 cm³/mol. The van der Waals surface area contributed by atoms with Gasteiger partial charge in [0.1, 0.15) is 5.75 Å². The van der Waals surface area contributed by atoms with E-state index in [1.165, 1.54) is 0 Å². The summed E-state index contributed by atoms with van der Waals surface area (Å²) in [5.41, 5.74) is 3.05. The van der Waals surface area contributed by atoms with Gasteiger partial charge in [0, 0.05) is 6.04 Å². The Morgan fingerprint density at radius 3 is 2.39 bits per heavy atom. The van der Waals surface area contributed by atoms with E-state index in [0.29, 0.717) is 23.4 Å². The number of benzene rings is 2. The molecule has 28 heavy (non-hydrogen) atoms. The van der Waals surface area contributed by atoms with Crippen molar-refractivity contribution < 1.29 is 14.3 Å². The van der Waals surface area contributed by atoms with Crippen LogP contribution in [-0.4, -0.2) is 24.0 Å². The van der Waals surface area contributed by atoms with Crippen LogP contribution in [0.15, 0.2) is 42.5 Å². The molecule has 0 fully saturated rings. The van der Waals surface area contributed by atoms with Crippen LogP contribution in [0, 0.1) is 13.8 Å². The van der Waals surface area contributed by atoms with Crippen LogP contribution in [0.1, 0.15) is 55.1 Å². The summed E-state index contributed by atoms with van der Waals surface area (Å²) in [7, 11) is 0. The third-order valence-electron chi connectivity index (χ3n) is 4.91. The second-order valence-electron chi connectivity index (χ2n) is 7.03. The van der Waals surface area contributed by atoms with E-state index in [9.17, 15) is 9.59 Å². The van der Waals surface area contributed by atoms with Gasteiger partial charge in [-0.1, -0.05) is 38.1 Å². The molecule has 0 bridgehead atoms. The first-order chi connectivity index (χ1) is 13.4. The van der Waals surface area contributed by atoms with E-state index in [1.807, 2.05) is 52.8 Å². The third kappa shape index (κ3) is 5.35. The van der Waals surface area contributed by atoms with Gasteiger partial charge in [-0.05, 0) is 62.9 Å². The summed E-state index contributed by atoms with van der Waals surface area (Å²) in [6.07, 6.45) is 0.702. The smallest absolute Gasteiger partial charge is 0.265 e. The minimum Gasteiger partial charge on any atom is -0.480 e. The number of ether oxygens (including phenoxy) is 1. The Balaban J connectivity index is 2.16. The standard InChI is InChI=1S/C23H30N2O3/c1-6-16(4)24-22(26)18-12-8-9-13-19(18)25-23(27)20(7-2)28-21-14-10-11-15(3)17(21)5/h8-14,16,20H,6-7H2,1-5H3,(H,24,26)(H,25,27)/t16-,20+/m1/s1. The van der Waals surface area contributed by atoms with Gasteiger partial charge in [0.25, 0.3) is 11.8 Å². The van der Waals surface area contributed by atoms with Crippen LogP contribution in [0.5, 0.6) is 5.75 Å². The molecule has 0 heterocycles. The molecule has 150 valence electrons. The average molecular weight is 383 g/mol. The molecule has 0 aliphatic heterocycles. The summed E-state index contributed by atoms with van der Waals surface area (Å²) in [6, 6.07) is 12.9. The number of carbonyl (C=O) groups is 2. The lowest BCUT2D eigenvalue weighted by Gasteiger charge is -2.20. The summed E-state index contributed by atoms with van der Waals surface area (Å²) in [4.78, 5) is 25.4. The Hall–Kier alpha value is -2.82. The zero-order chi connectivity index (χ0) is 20.7. The quantitative estimate of drug-likeness (QED) is 0.699. The van der Waals surface area contributed by atoms with Crippen molar-refractivity contribution >= 4 is 17.5 Å². The fraction of sp³-hybridized carbons (Fsp3) is 0.391. The average Bonchev–Trinajstić information content (AvgIpc) is 2.69. The molecule has 0 spiro atoms. The van der Waals surface area contributed by atoms with Crippen LogP contribution >= 0.6 is 0 Å². The van der Waals surface area contributed by atoms with E-state index >= 15 is 0 Å². The molecule has 0 aliphatic carbocycles. The maximum absolute atomic E-state index is 12.8. The summed E-state index contributed by atoms with van der Waals surface area (Å²) in [6.45, 7) is 9.84. The van der Waals surface area contributed by atoms with Crippen LogP contribution in [0.3, 0.4) is 0 Å². The van der Waals surface area contributed by atoms with Crippen LogP contribution in [0.2, 0.25) is 0 Å². The minimum absolute atomic E-state index is 0.0623. The fourth-order valence-corrected chi connectivity index (χ4v) is 2.73. The third-order valence-corrected chi connectivity index (χ3v) is 4.91. The summed E-state index contributed by atoms with van der Waals surface area (Å²) in [5, 5.41) is 5.80. The predicted octanol–water partition coefficient (Wildman–Crippen LogP) is 4.63. The number of amides is 2. The number of hydrogen-bond donors (Lipinski definition) is 2. The lowest BCUT2D eigenvalue weighted by Crippen LogP contribution is -2.35. The number of aryl methyl sites for hydroxylation is 1.